The molecule has 3 heterocycles. The standard InChI is InChI=1S/C11H11N3/c1-3-9-4-6-13-11(10(9)12-5-1)14-7-2-8-14/h1,3-6H,2,7-8H2. The summed E-state index contributed by atoms with van der Waals surface area (Å²) < 4.78 is 0. The molecule has 0 N–H and O–H groups in total. The molecule has 0 atom stereocenters. The van der Waals surface area contributed by atoms with Crippen LogP contribution in [0.15, 0.2) is 30.6 Å². The van der Waals surface area contributed by atoms with E-state index in [-0.39, 0.29) is 0 Å². The maximum absolute atomic E-state index is 4.39. The molecule has 2 aromatic rings. The molecule has 0 saturated carbocycles. The van der Waals surface area contributed by atoms with Gasteiger partial charge in [-0.15, -0.1) is 0 Å². The highest BCUT2D eigenvalue weighted by Crippen LogP contribution is 2.25. The van der Waals surface area contributed by atoms with Gasteiger partial charge in [-0.1, -0.05) is 6.07 Å². The summed E-state index contributed by atoms with van der Waals surface area (Å²) in [4.78, 5) is 11.0. The van der Waals surface area contributed by atoms with E-state index in [1.807, 2.05) is 24.5 Å². The van der Waals surface area contributed by atoms with Crippen molar-refractivity contribution in [1.29, 1.82) is 0 Å². The normalized spacial score (nSPS) is 15.6. The van der Waals surface area contributed by atoms with E-state index < -0.39 is 0 Å². The predicted molar refractivity (Wildman–Crippen MR) is 56.4 cm³/mol. The largest absolute Gasteiger partial charge is 0.355 e. The molecule has 0 radical (unpaired) electrons. The molecule has 0 spiro atoms. The predicted octanol–water partition coefficient (Wildman–Crippen LogP) is 1.84. The third-order valence-corrected chi connectivity index (χ3v) is 2.66. The Morgan fingerprint density at radius 2 is 2.00 bits per heavy atom. The van der Waals surface area contributed by atoms with Crippen LogP contribution >= 0.6 is 0 Å². The second kappa shape index (κ2) is 2.94. The number of rotatable bonds is 1. The molecule has 3 nitrogen and oxygen atoms in total. The van der Waals surface area contributed by atoms with Gasteiger partial charge in [0.05, 0.1) is 0 Å². The first-order valence-electron chi connectivity index (χ1n) is 4.90. The van der Waals surface area contributed by atoms with Crippen LogP contribution < -0.4 is 4.90 Å². The lowest BCUT2D eigenvalue weighted by Gasteiger charge is -2.32. The summed E-state index contributed by atoms with van der Waals surface area (Å²) in [6, 6.07) is 6.04. The third-order valence-electron chi connectivity index (χ3n) is 2.66. The molecular formula is C11H11N3. The fraction of sp³-hybridized carbons (Fsp3) is 0.273. The maximum atomic E-state index is 4.39. The van der Waals surface area contributed by atoms with E-state index >= 15 is 0 Å². The Morgan fingerprint density at radius 1 is 1.07 bits per heavy atom. The van der Waals surface area contributed by atoms with Crippen LogP contribution in [0.1, 0.15) is 6.42 Å². The van der Waals surface area contributed by atoms with Crippen molar-refractivity contribution in [2.45, 2.75) is 6.42 Å². The minimum atomic E-state index is 1.02. The van der Waals surface area contributed by atoms with E-state index in [1.165, 1.54) is 11.8 Å². The quantitative estimate of drug-likeness (QED) is 0.678. The summed E-state index contributed by atoms with van der Waals surface area (Å²) in [5.74, 6) is 1.04. The number of anilines is 1. The highest BCUT2D eigenvalue weighted by Gasteiger charge is 2.18. The van der Waals surface area contributed by atoms with Crippen molar-refractivity contribution in [3.8, 4) is 0 Å². The second-order valence-electron chi connectivity index (χ2n) is 3.55. The zero-order valence-electron chi connectivity index (χ0n) is 7.85. The van der Waals surface area contributed by atoms with Crippen LogP contribution in [-0.4, -0.2) is 23.1 Å². The Bertz CT molecular complexity index is 458. The number of fused-ring (bicyclic) bond motifs is 1. The van der Waals surface area contributed by atoms with Gasteiger partial charge in [0, 0.05) is 30.9 Å². The van der Waals surface area contributed by atoms with Crippen LogP contribution in [0, 0.1) is 0 Å². The van der Waals surface area contributed by atoms with E-state index in [1.54, 1.807) is 0 Å². The molecule has 0 amide bonds. The topological polar surface area (TPSA) is 29.0 Å². The van der Waals surface area contributed by atoms with Gasteiger partial charge in [-0.3, -0.25) is 4.98 Å². The molecule has 1 fully saturated rings. The average molecular weight is 185 g/mol. The molecule has 2 aromatic heterocycles. The average Bonchev–Trinajstić information content (AvgIpc) is 2.16. The van der Waals surface area contributed by atoms with E-state index in [0.29, 0.717) is 0 Å². The number of nitrogens with zero attached hydrogens (tertiary/aromatic N) is 3. The molecule has 1 aliphatic heterocycles. The van der Waals surface area contributed by atoms with E-state index in [2.05, 4.69) is 20.9 Å². The van der Waals surface area contributed by atoms with Crippen LogP contribution in [0.4, 0.5) is 5.82 Å². The van der Waals surface area contributed by atoms with Crippen molar-refractivity contribution < 1.29 is 0 Å². The van der Waals surface area contributed by atoms with Crippen molar-refractivity contribution >= 4 is 16.7 Å². The van der Waals surface area contributed by atoms with Crippen molar-refractivity contribution in [3.05, 3.63) is 30.6 Å². The van der Waals surface area contributed by atoms with Gasteiger partial charge in [-0.25, -0.2) is 4.98 Å². The van der Waals surface area contributed by atoms with Gasteiger partial charge in [0.25, 0.3) is 0 Å². The third kappa shape index (κ3) is 1.05. The highest BCUT2D eigenvalue weighted by molar-refractivity contribution is 5.88. The minimum Gasteiger partial charge on any atom is -0.355 e. The van der Waals surface area contributed by atoms with Gasteiger partial charge in [0.15, 0.2) is 5.82 Å². The molecule has 0 aromatic carbocycles. The van der Waals surface area contributed by atoms with E-state index in [4.69, 9.17) is 0 Å². The molecule has 0 unspecified atom stereocenters. The van der Waals surface area contributed by atoms with Crippen LogP contribution in [0.25, 0.3) is 10.9 Å². The number of hydrogen-bond acceptors (Lipinski definition) is 3. The van der Waals surface area contributed by atoms with Crippen LogP contribution in [0.3, 0.4) is 0 Å². The first kappa shape index (κ1) is 7.74. The van der Waals surface area contributed by atoms with Crippen LogP contribution in [0.5, 0.6) is 0 Å². The summed E-state index contributed by atoms with van der Waals surface area (Å²) in [6.07, 6.45) is 4.95. The van der Waals surface area contributed by atoms with Gasteiger partial charge >= 0.3 is 0 Å². The lowest BCUT2D eigenvalue weighted by atomic mass is 10.2. The zero-order valence-corrected chi connectivity index (χ0v) is 7.85. The summed E-state index contributed by atoms with van der Waals surface area (Å²) in [5.41, 5.74) is 1.02. The SMILES string of the molecule is c1cnc2c(N3CCC3)nccc2c1. The maximum Gasteiger partial charge on any atom is 0.155 e. The lowest BCUT2D eigenvalue weighted by molar-refractivity contribution is 0.611. The number of hydrogen-bond donors (Lipinski definition) is 0. The Morgan fingerprint density at radius 3 is 2.79 bits per heavy atom. The monoisotopic (exact) mass is 185 g/mol. The zero-order chi connectivity index (χ0) is 9.38. The van der Waals surface area contributed by atoms with Gasteiger partial charge in [-0.2, -0.15) is 0 Å². The van der Waals surface area contributed by atoms with Crippen LogP contribution in [-0.2, 0) is 0 Å². The van der Waals surface area contributed by atoms with E-state index in [9.17, 15) is 0 Å². The van der Waals surface area contributed by atoms with Gasteiger partial charge in [0.2, 0.25) is 0 Å². The smallest absolute Gasteiger partial charge is 0.155 e. The molecular weight excluding hydrogens is 174 g/mol. The molecule has 0 aliphatic carbocycles. The Kier molecular flexibility index (Phi) is 1.63. The highest BCUT2D eigenvalue weighted by atomic mass is 15.2. The summed E-state index contributed by atoms with van der Waals surface area (Å²) in [6.45, 7) is 2.23. The Labute approximate surface area is 82.4 Å². The van der Waals surface area contributed by atoms with Crippen molar-refractivity contribution in [1.82, 2.24) is 9.97 Å². The molecule has 0 bridgehead atoms. The molecule has 1 aliphatic rings. The fourth-order valence-electron chi connectivity index (χ4n) is 1.75. The first-order chi connectivity index (χ1) is 6.95. The van der Waals surface area contributed by atoms with Gasteiger partial charge in [-0.05, 0) is 18.6 Å². The Hall–Kier alpha value is -1.64. The molecule has 14 heavy (non-hydrogen) atoms. The second-order valence-corrected chi connectivity index (χ2v) is 3.55. The first-order valence-corrected chi connectivity index (χ1v) is 4.90. The summed E-state index contributed by atoms with van der Waals surface area (Å²) in [5, 5.41) is 1.17. The van der Waals surface area contributed by atoms with Crippen molar-refractivity contribution in [2.24, 2.45) is 0 Å². The minimum absolute atomic E-state index is 1.02. The fourth-order valence-corrected chi connectivity index (χ4v) is 1.75. The van der Waals surface area contributed by atoms with Gasteiger partial charge < -0.3 is 4.90 Å². The van der Waals surface area contributed by atoms with Gasteiger partial charge in [0.1, 0.15) is 5.52 Å². The molecule has 1 saturated heterocycles. The Balaban J connectivity index is 2.22. The van der Waals surface area contributed by atoms with E-state index in [0.717, 1.165) is 24.4 Å². The molecule has 70 valence electrons. The molecule has 3 rings (SSSR count). The van der Waals surface area contributed by atoms with Crippen molar-refractivity contribution in [2.75, 3.05) is 18.0 Å². The van der Waals surface area contributed by atoms with Crippen LogP contribution in [0.2, 0.25) is 0 Å². The lowest BCUT2D eigenvalue weighted by Crippen LogP contribution is -2.37. The molecule has 3 heteroatoms. The summed E-state index contributed by atoms with van der Waals surface area (Å²) >= 11 is 0. The van der Waals surface area contributed by atoms with Crippen molar-refractivity contribution in [3.63, 3.8) is 0 Å². The number of pyridine rings is 2. The summed E-state index contributed by atoms with van der Waals surface area (Å²) in [7, 11) is 0. The number of aromatic nitrogens is 2.